The number of nitrogens with one attached hydrogen (secondary N) is 1. The van der Waals surface area contributed by atoms with Crippen LogP contribution in [0.1, 0.15) is 35.9 Å². The normalized spacial score (nSPS) is 15.2. The number of likely N-dealkylation sites (tertiary alicyclic amines) is 1. The number of carbonyl (C=O) groups excluding carboxylic acids is 2. The molecule has 1 saturated heterocycles. The van der Waals surface area contributed by atoms with Gasteiger partial charge in [-0.3, -0.25) is 9.59 Å². The van der Waals surface area contributed by atoms with Crippen molar-refractivity contribution in [2.24, 2.45) is 5.92 Å². The fourth-order valence-electron chi connectivity index (χ4n) is 3.20. The Labute approximate surface area is 152 Å². The lowest BCUT2D eigenvalue weighted by atomic mass is 9.95. The zero-order valence-corrected chi connectivity index (χ0v) is 15.3. The van der Waals surface area contributed by atoms with E-state index in [0.29, 0.717) is 13.1 Å². The first-order valence-electron chi connectivity index (χ1n) is 8.90. The van der Waals surface area contributed by atoms with Gasteiger partial charge in [-0.1, -0.05) is 37.3 Å². The van der Waals surface area contributed by atoms with E-state index in [2.05, 4.69) is 5.32 Å². The van der Waals surface area contributed by atoms with Crippen LogP contribution in [0.5, 0.6) is 0 Å². The fraction of sp³-hybridized carbons (Fsp3) is 0.400. The van der Waals surface area contributed by atoms with Gasteiger partial charge in [-0.05, 0) is 36.3 Å². The minimum atomic E-state index is 0.0347. The third kappa shape index (κ3) is 4.10. The number of piperidine rings is 1. The summed E-state index contributed by atoms with van der Waals surface area (Å²) >= 11 is 1.49. The maximum absolute atomic E-state index is 12.9. The molecule has 3 rings (SSSR count). The predicted octanol–water partition coefficient (Wildman–Crippen LogP) is 3.79. The predicted molar refractivity (Wildman–Crippen MR) is 102 cm³/mol. The van der Waals surface area contributed by atoms with Crippen LogP contribution in [0.3, 0.4) is 0 Å². The Bertz CT molecular complexity index is 718. The first-order chi connectivity index (χ1) is 12.2. The number of thiophene rings is 1. The zero-order valence-electron chi connectivity index (χ0n) is 14.5. The second-order valence-corrected chi connectivity index (χ2v) is 7.30. The average Bonchev–Trinajstić information content (AvgIpc) is 3.16. The molecule has 132 valence electrons. The molecular weight excluding hydrogens is 332 g/mol. The van der Waals surface area contributed by atoms with Gasteiger partial charge in [0.25, 0.3) is 5.91 Å². The Kier molecular flexibility index (Phi) is 5.87. The number of rotatable bonds is 5. The Morgan fingerprint density at radius 1 is 1.16 bits per heavy atom. The van der Waals surface area contributed by atoms with Gasteiger partial charge in [0.15, 0.2) is 0 Å². The summed E-state index contributed by atoms with van der Waals surface area (Å²) in [6, 6.07) is 12.0. The van der Waals surface area contributed by atoms with Crippen molar-refractivity contribution in [2.75, 3.05) is 19.6 Å². The van der Waals surface area contributed by atoms with E-state index in [1.54, 1.807) is 0 Å². The van der Waals surface area contributed by atoms with Crippen LogP contribution < -0.4 is 5.32 Å². The quantitative estimate of drug-likeness (QED) is 0.886. The van der Waals surface area contributed by atoms with Gasteiger partial charge in [0, 0.05) is 31.1 Å². The van der Waals surface area contributed by atoms with Gasteiger partial charge < -0.3 is 10.2 Å². The van der Waals surface area contributed by atoms with E-state index in [0.717, 1.165) is 41.8 Å². The molecular formula is C20H24N2O2S. The van der Waals surface area contributed by atoms with Crippen LogP contribution in [0.15, 0.2) is 41.8 Å². The average molecular weight is 356 g/mol. The van der Waals surface area contributed by atoms with Gasteiger partial charge in [-0.15, -0.1) is 11.3 Å². The summed E-state index contributed by atoms with van der Waals surface area (Å²) in [5.41, 5.74) is 2.07. The van der Waals surface area contributed by atoms with Crippen molar-refractivity contribution < 1.29 is 9.59 Å². The highest BCUT2D eigenvalue weighted by atomic mass is 32.1. The Hall–Kier alpha value is -2.14. The van der Waals surface area contributed by atoms with Crippen LogP contribution in [-0.2, 0) is 4.79 Å². The van der Waals surface area contributed by atoms with Crippen molar-refractivity contribution in [3.8, 4) is 11.1 Å². The molecule has 2 heterocycles. The highest BCUT2D eigenvalue weighted by Crippen LogP contribution is 2.30. The van der Waals surface area contributed by atoms with Crippen LogP contribution in [-0.4, -0.2) is 36.3 Å². The second-order valence-electron chi connectivity index (χ2n) is 6.39. The second kappa shape index (κ2) is 8.30. The van der Waals surface area contributed by atoms with Crippen LogP contribution in [0.2, 0.25) is 0 Å². The molecule has 5 heteroatoms. The molecule has 1 aromatic heterocycles. The minimum absolute atomic E-state index is 0.0347. The monoisotopic (exact) mass is 356 g/mol. The van der Waals surface area contributed by atoms with Crippen molar-refractivity contribution in [1.29, 1.82) is 0 Å². The molecule has 2 aromatic rings. The van der Waals surface area contributed by atoms with E-state index in [-0.39, 0.29) is 17.7 Å². The number of amides is 2. The van der Waals surface area contributed by atoms with E-state index in [1.165, 1.54) is 11.3 Å². The van der Waals surface area contributed by atoms with Crippen molar-refractivity contribution in [3.05, 3.63) is 46.7 Å². The van der Waals surface area contributed by atoms with Crippen LogP contribution in [0.4, 0.5) is 0 Å². The molecule has 1 aliphatic rings. The summed E-state index contributed by atoms with van der Waals surface area (Å²) in [5, 5.41) is 4.94. The molecule has 2 amide bonds. The third-order valence-corrected chi connectivity index (χ3v) is 5.55. The molecule has 0 bridgehead atoms. The Morgan fingerprint density at radius 2 is 1.88 bits per heavy atom. The van der Waals surface area contributed by atoms with Gasteiger partial charge in [-0.2, -0.15) is 0 Å². The van der Waals surface area contributed by atoms with Crippen molar-refractivity contribution >= 4 is 23.2 Å². The summed E-state index contributed by atoms with van der Waals surface area (Å²) in [7, 11) is 0. The SMILES string of the molecule is CCCNC(=O)C1CCN(C(=O)c2sccc2-c2ccccc2)CC1. The fourth-order valence-corrected chi connectivity index (χ4v) is 4.08. The van der Waals surface area contributed by atoms with Crippen molar-refractivity contribution in [1.82, 2.24) is 10.2 Å². The van der Waals surface area contributed by atoms with Crippen molar-refractivity contribution in [3.63, 3.8) is 0 Å². The summed E-state index contributed by atoms with van der Waals surface area (Å²) in [6.07, 6.45) is 2.43. The lowest BCUT2D eigenvalue weighted by Gasteiger charge is -2.31. The van der Waals surface area contributed by atoms with Crippen LogP contribution in [0, 0.1) is 5.92 Å². The molecule has 1 N–H and O–H groups in total. The van der Waals surface area contributed by atoms with Crippen LogP contribution >= 0.6 is 11.3 Å². The standard InChI is InChI=1S/C20H24N2O2S/c1-2-11-21-19(23)16-8-12-22(13-9-16)20(24)18-17(10-14-25-18)15-6-4-3-5-7-15/h3-7,10,14,16H,2,8-9,11-13H2,1H3,(H,21,23). The number of hydrogen-bond donors (Lipinski definition) is 1. The minimum Gasteiger partial charge on any atom is -0.356 e. The lowest BCUT2D eigenvalue weighted by molar-refractivity contribution is -0.126. The van der Waals surface area contributed by atoms with E-state index in [9.17, 15) is 9.59 Å². The van der Waals surface area contributed by atoms with E-state index >= 15 is 0 Å². The Balaban J connectivity index is 1.64. The van der Waals surface area contributed by atoms with E-state index in [1.807, 2.05) is 53.6 Å². The number of carbonyl (C=O) groups is 2. The van der Waals surface area contributed by atoms with Crippen LogP contribution in [0.25, 0.3) is 11.1 Å². The summed E-state index contributed by atoms with van der Waals surface area (Å²) in [6.45, 7) is 4.07. The topological polar surface area (TPSA) is 49.4 Å². The number of benzene rings is 1. The first-order valence-corrected chi connectivity index (χ1v) is 9.78. The maximum Gasteiger partial charge on any atom is 0.264 e. The summed E-state index contributed by atoms with van der Waals surface area (Å²) in [4.78, 5) is 27.7. The number of nitrogens with zero attached hydrogens (tertiary/aromatic N) is 1. The van der Waals surface area contributed by atoms with E-state index < -0.39 is 0 Å². The molecule has 0 unspecified atom stereocenters. The molecule has 0 atom stereocenters. The maximum atomic E-state index is 12.9. The summed E-state index contributed by atoms with van der Waals surface area (Å²) in [5.74, 6) is 0.254. The third-order valence-electron chi connectivity index (χ3n) is 4.65. The highest BCUT2D eigenvalue weighted by Gasteiger charge is 2.29. The molecule has 0 aliphatic carbocycles. The highest BCUT2D eigenvalue weighted by molar-refractivity contribution is 7.12. The molecule has 1 fully saturated rings. The lowest BCUT2D eigenvalue weighted by Crippen LogP contribution is -2.43. The molecule has 0 radical (unpaired) electrons. The first kappa shape index (κ1) is 17.7. The molecule has 0 spiro atoms. The summed E-state index contributed by atoms with van der Waals surface area (Å²) < 4.78 is 0. The Morgan fingerprint density at radius 3 is 2.56 bits per heavy atom. The van der Waals surface area contributed by atoms with Gasteiger partial charge in [0.05, 0.1) is 4.88 Å². The molecule has 4 nitrogen and oxygen atoms in total. The van der Waals surface area contributed by atoms with Gasteiger partial charge in [-0.25, -0.2) is 0 Å². The molecule has 1 aliphatic heterocycles. The van der Waals surface area contributed by atoms with Gasteiger partial charge in [0.1, 0.15) is 0 Å². The van der Waals surface area contributed by atoms with Crippen molar-refractivity contribution in [2.45, 2.75) is 26.2 Å². The smallest absolute Gasteiger partial charge is 0.264 e. The molecule has 25 heavy (non-hydrogen) atoms. The number of hydrogen-bond acceptors (Lipinski definition) is 3. The molecule has 0 saturated carbocycles. The molecule has 1 aromatic carbocycles. The van der Waals surface area contributed by atoms with Gasteiger partial charge in [0.2, 0.25) is 5.91 Å². The largest absolute Gasteiger partial charge is 0.356 e. The van der Waals surface area contributed by atoms with E-state index in [4.69, 9.17) is 0 Å². The zero-order chi connectivity index (χ0) is 17.6. The van der Waals surface area contributed by atoms with Gasteiger partial charge >= 0.3 is 0 Å².